The molecule has 0 atom stereocenters. The molecule has 4 nitrogen and oxygen atoms in total. The Kier molecular flexibility index (Phi) is 4.93. The standard InChI is InChI=1S/C16H23N3OS/c1-3-12-7-9-16(10-8-12,15(17)21)19-14(20)13-6-4-5-11(2)18-13/h4-6,12H,3,7-10H2,1-2H3,(H2,17,21)(H,19,20). The van der Waals surface area contributed by atoms with E-state index >= 15 is 0 Å². The van der Waals surface area contributed by atoms with E-state index < -0.39 is 5.54 Å². The van der Waals surface area contributed by atoms with E-state index in [9.17, 15) is 4.79 Å². The summed E-state index contributed by atoms with van der Waals surface area (Å²) in [7, 11) is 0. The van der Waals surface area contributed by atoms with Gasteiger partial charge in [0.15, 0.2) is 0 Å². The first-order chi connectivity index (χ1) is 9.97. The van der Waals surface area contributed by atoms with Gasteiger partial charge in [-0.25, -0.2) is 4.98 Å². The molecule has 114 valence electrons. The van der Waals surface area contributed by atoms with E-state index in [0.717, 1.165) is 31.4 Å². The number of aromatic nitrogens is 1. The Morgan fingerprint density at radius 3 is 2.67 bits per heavy atom. The highest BCUT2D eigenvalue weighted by molar-refractivity contribution is 7.80. The number of nitrogens with one attached hydrogen (secondary N) is 1. The van der Waals surface area contributed by atoms with E-state index in [-0.39, 0.29) is 5.91 Å². The van der Waals surface area contributed by atoms with Crippen molar-refractivity contribution in [3.05, 3.63) is 29.6 Å². The van der Waals surface area contributed by atoms with Gasteiger partial charge in [0.05, 0.1) is 10.5 Å². The van der Waals surface area contributed by atoms with Crippen molar-refractivity contribution in [2.45, 2.75) is 51.5 Å². The van der Waals surface area contributed by atoms with Gasteiger partial charge in [-0.05, 0) is 50.7 Å². The summed E-state index contributed by atoms with van der Waals surface area (Å²) in [6, 6.07) is 5.42. The number of rotatable bonds is 4. The zero-order valence-electron chi connectivity index (χ0n) is 12.7. The number of hydrogen-bond acceptors (Lipinski definition) is 3. The Balaban J connectivity index is 2.14. The Hall–Kier alpha value is -1.49. The topological polar surface area (TPSA) is 68.0 Å². The van der Waals surface area contributed by atoms with Crippen molar-refractivity contribution in [3.63, 3.8) is 0 Å². The van der Waals surface area contributed by atoms with Crippen LogP contribution in [-0.2, 0) is 0 Å². The highest BCUT2D eigenvalue weighted by atomic mass is 32.1. The van der Waals surface area contributed by atoms with E-state index in [1.807, 2.05) is 19.1 Å². The molecule has 0 radical (unpaired) electrons. The van der Waals surface area contributed by atoms with Gasteiger partial charge in [0.2, 0.25) is 0 Å². The van der Waals surface area contributed by atoms with Crippen molar-refractivity contribution in [2.24, 2.45) is 11.7 Å². The summed E-state index contributed by atoms with van der Waals surface area (Å²) in [4.78, 5) is 17.1. The van der Waals surface area contributed by atoms with Crippen LogP contribution in [0.25, 0.3) is 0 Å². The maximum absolute atomic E-state index is 12.4. The Morgan fingerprint density at radius 2 is 2.14 bits per heavy atom. The van der Waals surface area contributed by atoms with Gasteiger partial charge in [0.25, 0.3) is 5.91 Å². The number of carbonyl (C=O) groups is 1. The minimum Gasteiger partial charge on any atom is -0.391 e. The van der Waals surface area contributed by atoms with Crippen LogP contribution in [0, 0.1) is 12.8 Å². The summed E-state index contributed by atoms with van der Waals surface area (Å²) in [6.07, 6.45) is 4.91. The van der Waals surface area contributed by atoms with Crippen molar-refractivity contribution >= 4 is 23.1 Å². The monoisotopic (exact) mass is 305 g/mol. The van der Waals surface area contributed by atoms with Gasteiger partial charge in [0, 0.05) is 5.69 Å². The lowest BCUT2D eigenvalue weighted by Gasteiger charge is -2.39. The molecule has 1 aromatic heterocycles. The molecule has 0 spiro atoms. The SMILES string of the molecule is CCC1CCC(NC(=O)c2cccc(C)n2)(C(N)=S)CC1. The molecule has 1 amide bonds. The molecule has 1 aromatic rings. The Bertz CT molecular complexity index is 536. The number of thiocarbonyl (C=S) groups is 1. The molecule has 21 heavy (non-hydrogen) atoms. The van der Waals surface area contributed by atoms with E-state index in [0.29, 0.717) is 16.6 Å². The zero-order valence-corrected chi connectivity index (χ0v) is 13.5. The molecule has 0 bridgehead atoms. The van der Waals surface area contributed by atoms with Crippen LogP contribution in [0.1, 0.15) is 55.2 Å². The van der Waals surface area contributed by atoms with Crippen LogP contribution in [0.5, 0.6) is 0 Å². The predicted molar refractivity (Wildman–Crippen MR) is 88.2 cm³/mol. The highest BCUT2D eigenvalue weighted by Crippen LogP contribution is 2.34. The number of pyridine rings is 1. The van der Waals surface area contributed by atoms with E-state index in [1.54, 1.807) is 6.07 Å². The van der Waals surface area contributed by atoms with Crippen molar-refractivity contribution in [3.8, 4) is 0 Å². The van der Waals surface area contributed by atoms with Crippen LogP contribution < -0.4 is 11.1 Å². The summed E-state index contributed by atoms with van der Waals surface area (Å²) in [5.74, 6) is 0.517. The van der Waals surface area contributed by atoms with Crippen molar-refractivity contribution in [2.75, 3.05) is 0 Å². The molecule has 0 aliphatic heterocycles. The number of nitrogens with two attached hydrogens (primary N) is 1. The number of aryl methyl sites for hydroxylation is 1. The fourth-order valence-corrected chi connectivity index (χ4v) is 3.22. The van der Waals surface area contributed by atoms with Crippen LogP contribution in [0.2, 0.25) is 0 Å². The number of carbonyl (C=O) groups excluding carboxylic acids is 1. The smallest absolute Gasteiger partial charge is 0.270 e. The maximum atomic E-state index is 12.4. The first-order valence-corrected chi connectivity index (χ1v) is 7.94. The second-order valence-electron chi connectivity index (χ2n) is 5.92. The van der Waals surface area contributed by atoms with Gasteiger partial charge in [0.1, 0.15) is 5.69 Å². The van der Waals surface area contributed by atoms with Gasteiger partial charge >= 0.3 is 0 Å². The second kappa shape index (κ2) is 6.52. The highest BCUT2D eigenvalue weighted by Gasteiger charge is 2.39. The number of amides is 1. The van der Waals surface area contributed by atoms with Crippen molar-refractivity contribution < 1.29 is 4.79 Å². The quantitative estimate of drug-likeness (QED) is 0.839. The van der Waals surface area contributed by atoms with E-state index in [2.05, 4.69) is 17.2 Å². The summed E-state index contributed by atoms with van der Waals surface area (Å²) in [5, 5.41) is 3.05. The molecule has 1 fully saturated rings. The van der Waals surface area contributed by atoms with Crippen LogP contribution in [0.3, 0.4) is 0 Å². The molecule has 5 heteroatoms. The van der Waals surface area contributed by atoms with Gasteiger partial charge < -0.3 is 11.1 Å². The average molecular weight is 305 g/mol. The predicted octanol–water partition coefficient (Wildman–Crippen LogP) is 2.74. The first kappa shape index (κ1) is 15.9. The third-order valence-corrected chi connectivity index (χ3v) is 4.87. The minimum absolute atomic E-state index is 0.193. The third-order valence-electron chi connectivity index (χ3n) is 4.48. The lowest BCUT2D eigenvalue weighted by molar-refractivity contribution is 0.0893. The Morgan fingerprint density at radius 1 is 1.48 bits per heavy atom. The third kappa shape index (κ3) is 3.59. The van der Waals surface area contributed by atoms with Gasteiger partial charge in [-0.3, -0.25) is 4.79 Å². The van der Waals surface area contributed by atoms with Gasteiger partial charge in [-0.15, -0.1) is 0 Å². The number of hydrogen-bond donors (Lipinski definition) is 2. The molecule has 1 saturated carbocycles. The molecule has 0 unspecified atom stereocenters. The molecule has 1 aliphatic carbocycles. The molecule has 2 rings (SSSR count). The molecule has 3 N–H and O–H groups in total. The summed E-state index contributed by atoms with van der Waals surface area (Å²) in [6.45, 7) is 4.07. The van der Waals surface area contributed by atoms with Crippen LogP contribution in [0.4, 0.5) is 0 Å². The summed E-state index contributed by atoms with van der Waals surface area (Å²) in [5.41, 5.74) is 6.63. The molecule has 1 heterocycles. The lowest BCUT2D eigenvalue weighted by Crippen LogP contribution is -2.58. The summed E-state index contributed by atoms with van der Waals surface area (Å²) < 4.78 is 0. The fraction of sp³-hybridized carbons (Fsp3) is 0.562. The molecule has 1 aliphatic rings. The van der Waals surface area contributed by atoms with Crippen LogP contribution >= 0.6 is 12.2 Å². The maximum Gasteiger partial charge on any atom is 0.270 e. The lowest BCUT2D eigenvalue weighted by atomic mass is 9.75. The Labute approximate surface area is 131 Å². The zero-order chi connectivity index (χ0) is 15.5. The summed E-state index contributed by atoms with van der Waals surface area (Å²) >= 11 is 5.24. The molecule has 0 aromatic carbocycles. The van der Waals surface area contributed by atoms with Gasteiger partial charge in [-0.2, -0.15) is 0 Å². The van der Waals surface area contributed by atoms with Crippen molar-refractivity contribution in [1.82, 2.24) is 10.3 Å². The fourth-order valence-electron chi connectivity index (χ4n) is 2.96. The minimum atomic E-state index is -0.552. The normalized spacial score (nSPS) is 25.3. The first-order valence-electron chi connectivity index (χ1n) is 7.53. The molecule has 0 saturated heterocycles. The molecular formula is C16H23N3OS. The average Bonchev–Trinajstić information content (AvgIpc) is 2.47. The van der Waals surface area contributed by atoms with Crippen LogP contribution in [-0.4, -0.2) is 21.4 Å². The molecular weight excluding hydrogens is 282 g/mol. The van der Waals surface area contributed by atoms with Gasteiger partial charge in [-0.1, -0.05) is 31.6 Å². The second-order valence-corrected chi connectivity index (χ2v) is 6.36. The van der Waals surface area contributed by atoms with Crippen molar-refractivity contribution in [1.29, 1.82) is 0 Å². The van der Waals surface area contributed by atoms with E-state index in [1.165, 1.54) is 6.42 Å². The number of nitrogens with zero attached hydrogens (tertiary/aromatic N) is 1. The van der Waals surface area contributed by atoms with E-state index in [4.69, 9.17) is 18.0 Å². The largest absolute Gasteiger partial charge is 0.391 e. The van der Waals surface area contributed by atoms with Crippen LogP contribution in [0.15, 0.2) is 18.2 Å².